The van der Waals surface area contributed by atoms with Gasteiger partial charge in [0, 0.05) is 12.1 Å². The van der Waals surface area contributed by atoms with Crippen LogP contribution in [0.4, 0.5) is 10.7 Å². The maximum absolute atomic E-state index is 9.06. The normalized spacial score (nSPS) is 11.1. The van der Waals surface area contributed by atoms with Crippen LogP contribution in [0.1, 0.15) is 24.3 Å². The summed E-state index contributed by atoms with van der Waals surface area (Å²) in [6.45, 7) is 4.85. The Morgan fingerprint density at radius 2 is 1.94 bits per heavy atom. The van der Waals surface area contributed by atoms with E-state index in [2.05, 4.69) is 24.1 Å². The van der Waals surface area contributed by atoms with Crippen molar-refractivity contribution in [2.45, 2.75) is 19.4 Å². The zero-order chi connectivity index (χ0) is 13.9. The number of nitrogens with two attached hydrogens (primary N) is 1. The van der Waals surface area contributed by atoms with Crippen LogP contribution in [0.2, 0.25) is 0 Å². The molecule has 0 saturated carbocycles. The van der Waals surface area contributed by atoms with Gasteiger partial charge >= 0.3 is 0 Å². The molecule has 0 radical (unpaired) electrons. The number of likely N-dealkylation sites (N-methyl/N-ethyl adjacent to an activating group) is 1. The number of hydrogen-bond acceptors (Lipinski definition) is 6. The molecule has 0 aliphatic carbocycles. The Balaban J connectivity index is 2.94. The molecule has 0 unspecified atom stereocenters. The Kier molecular flexibility index (Phi) is 4.18. The van der Waals surface area contributed by atoms with E-state index in [1.807, 2.05) is 26.2 Å². The highest BCUT2D eigenvalue weighted by Gasteiger charge is 2.22. The van der Waals surface area contributed by atoms with E-state index in [1.54, 1.807) is 0 Å². The Bertz CT molecular complexity index is 516. The van der Waals surface area contributed by atoms with Crippen molar-refractivity contribution < 1.29 is 0 Å². The number of nitrogens with one attached hydrogen (secondary N) is 1. The number of nitrogens with zero attached hydrogens (tertiary/aromatic N) is 3. The first-order chi connectivity index (χ1) is 8.33. The summed E-state index contributed by atoms with van der Waals surface area (Å²) in [6.07, 6.45) is 0. The maximum Gasteiger partial charge on any atom is 0.131 e. The third kappa shape index (κ3) is 2.73. The Labute approximate surface area is 111 Å². The second kappa shape index (κ2) is 5.26. The zero-order valence-electron chi connectivity index (χ0n) is 11.0. The summed E-state index contributed by atoms with van der Waals surface area (Å²) in [5, 5.41) is 21.8. The summed E-state index contributed by atoms with van der Waals surface area (Å²) in [5.74, 6) is 0. The number of rotatable bonds is 4. The third-order valence-corrected chi connectivity index (χ3v) is 4.12. The van der Waals surface area contributed by atoms with Gasteiger partial charge in [-0.2, -0.15) is 10.5 Å². The van der Waals surface area contributed by atoms with Crippen molar-refractivity contribution in [1.29, 1.82) is 10.5 Å². The van der Waals surface area contributed by atoms with Crippen LogP contribution in [-0.4, -0.2) is 31.1 Å². The van der Waals surface area contributed by atoms with Crippen LogP contribution in [0.5, 0.6) is 0 Å². The van der Waals surface area contributed by atoms with Crippen molar-refractivity contribution >= 4 is 22.0 Å². The molecule has 0 saturated heterocycles. The van der Waals surface area contributed by atoms with E-state index in [4.69, 9.17) is 16.3 Å². The molecule has 0 amide bonds. The van der Waals surface area contributed by atoms with Crippen LogP contribution >= 0.6 is 11.3 Å². The van der Waals surface area contributed by atoms with Gasteiger partial charge in [-0.1, -0.05) is 0 Å². The SMILES string of the molecule is CN(C)C(C)(C)CNc1sc(C#N)c(N)c1C#N. The molecule has 0 bridgehead atoms. The highest BCUT2D eigenvalue weighted by atomic mass is 32.1. The average molecular weight is 263 g/mol. The maximum atomic E-state index is 9.06. The lowest BCUT2D eigenvalue weighted by atomic mass is 10.0. The van der Waals surface area contributed by atoms with E-state index < -0.39 is 0 Å². The van der Waals surface area contributed by atoms with E-state index in [0.717, 1.165) is 0 Å². The van der Waals surface area contributed by atoms with Crippen molar-refractivity contribution in [3.8, 4) is 12.1 Å². The molecule has 1 aromatic rings. The smallest absolute Gasteiger partial charge is 0.131 e. The number of hydrogen-bond donors (Lipinski definition) is 2. The van der Waals surface area contributed by atoms with Gasteiger partial charge in [0.1, 0.15) is 27.6 Å². The van der Waals surface area contributed by atoms with E-state index in [9.17, 15) is 0 Å². The number of nitriles is 2. The quantitative estimate of drug-likeness (QED) is 0.865. The molecule has 0 aliphatic rings. The summed E-state index contributed by atoms with van der Waals surface area (Å²) >= 11 is 1.22. The number of thiophene rings is 1. The molecule has 3 N–H and O–H groups in total. The minimum absolute atomic E-state index is 0.0573. The Morgan fingerprint density at radius 1 is 1.33 bits per heavy atom. The van der Waals surface area contributed by atoms with E-state index >= 15 is 0 Å². The predicted octanol–water partition coefficient (Wildman–Crippen LogP) is 1.83. The summed E-state index contributed by atoms with van der Waals surface area (Å²) in [6, 6.07) is 4.04. The lowest BCUT2D eigenvalue weighted by Crippen LogP contribution is -2.44. The lowest BCUT2D eigenvalue weighted by Gasteiger charge is -2.32. The molecule has 1 heterocycles. The largest absolute Gasteiger partial charge is 0.396 e. The van der Waals surface area contributed by atoms with Gasteiger partial charge in [-0.15, -0.1) is 11.3 Å². The first kappa shape index (κ1) is 14.3. The molecular formula is C12H17N5S. The van der Waals surface area contributed by atoms with Crippen molar-refractivity contribution in [2.75, 3.05) is 31.7 Å². The molecule has 18 heavy (non-hydrogen) atoms. The molecule has 5 nitrogen and oxygen atoms in total. The molecule has 0 spiro atoms. The van der Waals surface area contributed by atoms with E-state index in [0.29, 0.717) is 22.0 Å². The average Bonchev–Trinajstić information content (AvgIpc) is 2.62. The summed E-state index contributed by atoms with van der Waals surface area (Å²) < 4.78 is 0. The molecule has 6 heteroatoms. The van der Waals surface area contributed by atoms with Gasteiger partial charge in [0.05, 0.1) is 5.69 Å². The van der Waals surface area contributed by atoms with Gasteiger partial charge in [-0.05, 0) is 27.9 Å². The fraction of sp³-hybridized carbons (Fsp3) is 0.500. The minimum atomic E-state index is -0.0573. The fourth-order valence-corrected chi connectivity index (χ4v) is 2.08. The van der Waals surface area contributed by atoms with Crippen molar-refractivity contribution in [1.82, 2.24) is 4.90 Å². The number of anilines is 2. The first-order valence-corrected chi connectivity index (χ1v) is 6.29. The fourth-order valence-electron chi connectivity index (χ4n) is 1.22. The van der Waals surface area contributed by atoms with Gasteiger partial charge < -0.3 is 16.0 Å². The monoisotopic (exact) mass is 263 g/mol. The van der Waals surface area contributed by atoms with Gasteiger partial charge in [0.25, 0.3) is 0 Å². The Morgan fingerprint density at radius 3 is 2.39 bits per heavy atom. The highest BCUT2D eigenvalue weighted by molar-refractivity contribution is 7.17. The van der Waals surface area contributed by atoms with Gasteiger partial charge in [0.2, 0.25) is 0 Å². The van der Waals surface area contributed by atoms with Crippen LogP contribution in [0.3, 0.4) is 0 Å². The second-order valence-electron chi connectivity index (χ2n) is 4.83. The molecular weight excluding hydrogens is 246 g/mol. The molecule has 96 valence electrons. The topological polar surface area (TPSA) is 88.9 Å². The van der Waals surface area contributed by atoms with Crippen LogP contribution in [-0.2, 0) is 0 Å². The van der Waals surface area contributed by atoms with E-state index in [-0.39, 0.29) is 11.2 Å². The molecule has 0 aromatic carbocycles. The van der Waals surface area contributed by atoms with Crippen molar-refractivity contribution in [2.24, 2.45) is 0 Å². The summed E-state index contributed by atoms with van der Waals surface area (Å²) in [7, 11) is 3.99. The van der Waals surface area contributed by atoms with Crippen LogP contribution in [0, 0.1) is 22.7 Å². The summed E-state index contributed by atoms with van der Waals surface area (Å²) in [4.78, 5) is 2.48. The summed E-state index contributed by atoms with van der Waals surface area (Å²) in [5.41, 5.74) is 6.32. The lowest BCUT2D eigenvalue weighted by molar-refractivity contribution is 0.210. The third-order valence-electron chi connectivity index (χ3n) is 3.05. The molecule has 0 atom stereocenters. The van der Waals surface area contributed by atoms with Crippen LogP contribution in [0.25, 0.3) is 0 Å². The Hall–Kier alpha value is -1.76. The second-order valence-corrected chi connectivity index (χ2v) is 5.85. The standard InChI is InChI=1S/C12H17N5S/c1-12(2,17(3)4)7-16-11-8(5-13)10(15)9(6-14)18-11/h16H,7,15H2,1-4H3. The van der Waals surface area contributed by atoms with Crippen LogP contribution < -0.4 is 11.1 Å². The van der Waals surface area contributed by atoms with Crippen LogP contribution in [0.15, 0.2) is 0 Å². The molecule has 1 rings (SSSR count). The minimum Gasteiger partial charge on any atom is -0.396 e. The van der Waals surface area contributed by atoms with Gasteiger partial charge in [0.15, 0.2) is 0 Å². The molecule has 1 aromatic heterocycles. The molecule has 0 aliphatic heterocycles. The van der Waals surface area contributed by atoms with E-state index in [1.165, 1.54) is 11.3 Å². The molecule has 0 fully saturated rings. The predicted molar refractivity (Wildman–Crippen MR) is 74.4 cm³/mol. The van der Waals surface area contributed by atoms with Crippen molar-refractivity contribution in [3.05, 3.63) is 10.4 Å². The first-order valence-electron chi connectivity index (χ1n) is 5.47. The number of nitrogen functional groups attached to an aromatic ring is 1. The van der Waals surface area contributed by atoms with Gasteiger partial charge in [-0.25, -0.2) is 0 Å². The van der Waals surface area contributed by atoms with Crippen molar-refractivity contribution in [3.63, 3.8) is 0 Å². The zero-order valence-corrected chi connectivity index (χ0v) is 11.9. The van der Waals surface area contributed by atoms with Gasteiger partial charge in [-0.3, -0.25) is 0 Å². The highest BCUT2D eigenvalue weighted by Crippen LogP contribution is 2.34.